The molecule has 1 unspecified atom stereocenters. The minimum Gasteiger partial charge on any atom is -0.497 e. The van der Waals surface area contributed by atoms with E-state index >= 15 is 0 Å². The number of Topliss-reactive ketones (excluding diaryl/α,β-unsaturated/α-hetero) is 1. The minimum absolute atomic E-state index is 0.0430. The second-order valence-electron chi connectivity index (χ2n) is 4.32. The van der Waals surface area contributed by atoms with Crippen LogP contribution < -0.4 is 9.47 Å². The van der Waals surface area contributed by atoms with Crippen molar-refractivity contribution in [3.63, 3.8) is 0 Å². The van der Waals surface area contributed by atoms with Crippen LogP contribution in [0.1, 0.15) is 10.4 Å². The number of ether oxygens (including phenoxy) is 2. The normalized spacial score (nSPS) is 11.7. The van der Waals surface area contributed by atoms with E-state index < -0.39 is 10.8 Å². The second kappa shape index (κ2) is 7.04. The van der Waals surface area contributed by atoms with Crippen molar-refractivity contribution in [1.29, 1.82) is 0 Å². The third-order valence-electron chi connectivity index (χ3n) is 3.00. The van der Waals surface area contributed by atoms with Gasteiger partial charge in [-0.1, -0.05) is 0 Å². The number of methoxy groups -OCH3 is 2. The van der Waals surface area contributed by atoms with E-state index in [-0.39, 0.29) is 11.5 Å². The van der Waals surface area contributed by atoms with Gasteiger partial charge in [-0.05, 0) is 48.5 Å². The molecular weight excluding hydrogens is 288 g/mol. The summed E-state index contributed by atoms with van der Waals surface area (Å²) < 4.78 is 22.3. The van der Waals surface area contributed by atoms with Gasteiger partial charge in [0.05, 0.1) is 30.8 Å². The molecule has 0 aromatic heterocycles. The molecule has 0 radical (unpaired) electrons. The lowest BCUT2D eigenvalue weighted by Crippen LogP contribution is -2.11. The first-order valence-corrected chi connectivity index (χ1v) is 7.65. The van der Waals surface area contributed by atoms with Crippen molar-refractivity contribution < 1.29 is 18.5 Å². The molecule has 0 saturated heterocycles. The van der Waals surface area contributed by atoms with E-state index in [1.54, 1.807) is 62.8 Å². The molecule has 0 heterocycles. The van der Waals surface area contributed by atoms with Crippen LogP contribution in [0.4, 0.5) is 0 Å². The number of ketones is 1. The maximum absolute atomic E-state index is 12.2. The Kier molecular flexibility index (Phi) is 5.11. The van der Waals surface area contributed by atoms with Gasteiger partial charge in [0.25, 0.3) is 0 Å². The number of rotatable bonds is 6. The highest BCUT2D eigenvalue weighted by Gasteiger charge is 2.12. The van der Waals surface area contributed by atoms with Gasteiger partial charge in [0, 0.05) is 10.5 Å². The van der Waals surface area contributed by atoms with Crippen molar-refractivity contribution in [3.8, 4) is 11.5 Å². The molecule has 0 aliphatic heterocycles. The van der Waals surface area contributed by atoms with Crippen LogP contribution in [0.15, 0.2) is 53.4 Å². The predicted octanol–water partition coefficient (Wildman–Crippen LogP) is 2.69. The highest BCUT2D eigenvalue weighted by Crippen LogP contribution is 2.16. The van der Waals surface area contributed by atoms with E-state index in [1.165, 1.54) is 0 Å². The molecule has 110 valence electrons. The lowest BCUT2D eigenvalue weighted by molar-refractivity contribution is 0.102. The number of hydrogen-bond acceptors (Lipinski definition) is 4. The molecule has 4 nitrogen and oxygen atoms in total. The Hall–Kier alpha value is -2.14. The zero-order valence-electron chi connectivity index (χ0n) is 11.9. The monoisotopic (exact) mass is 304 g/mol. The highest BCUT2D eigenvalue weighted by molar-refractivity contribution is 7.85. The second-order valence-corrected chi connectivity index (χ2v) is 5.77. The van der Waals surface area contributed by atoms with Gasteiger partial charge in [0.15, 0.2) is 5.78 Å². The van der Waals surface area contributed by atoms with Crippen molar-refractivity contribution in [3.05, 3.63) is 54.1 Å². The van der Waals surface area contributed by atoms with Crippen LogP contribution in [-0.4, -0.2) is 30.0 Å². The van der Waals surface area contributed by atoms with E-state index in [0.717, 1.165) is 0 Å². The molecule has 0 saturated carbocycles. The van der Waals surface area contributed by atoms with Gasteiger partial charge in [-0.3, -0.25) is 9.00 Å². The summed E-state index contributed by atoms with van der Waals surface area (Å²) >= 11 is 0. The number of benzene rings is 2. The van der Waals surface area contributed by atoms with Gasteiger partial charge >= 0.3 is 0 Å². The molecule has 2 aromatic carbocycles. The van der Waals surface area contributed by atoms with E-state index in [2.05, 4.69) is 0 Å². The average Bonchev–Trinajstić information content (AvgIpc) is 2.55. The van der Waals surface area contributed by atoms with Crippen LogP contribution in [0.3, 0.4) is 0 Å². The summed E-state index contributed by atoms with van der Waals surface area (Å²) in [5.41, 5.74) is 0.526. The highest BCUT2D eigenvalue weighted by atomic mass is 32.2. The Labute approximate surface area is 126 Å². The fourth-order valence-corrected chi connectivity index (χ4v) is 2.80. The van der Waals surface area contributed by atoms with Gasteiger partial charge in [-0.25, -0.2) is 0 Å². The standard InChI is InChI=1S/C16H16O4S/c1-19-13-5-3-12(4-6-13)16(17)11-21(18)15-9-7-14(20-2)8-10-15/h3-10H,11H2,1-2H3. The van der Waals surface area contributed by atoms with Gasteiger partial charge in [-0.15, -0.1) is 0 Å². The van der Waals surface area contributed by atoms with Crippen LogP contribution in [-0.2, 0) is 10.8 Å². The fourth-order valence-electron chi connectivity index (χ4n) is 1.79. The average molecular weight is 304 g/mol. The van der Waals surface area contributed by atoms with E-state index in [0.29, 0.717) is 22.0 Å². The molecule has 21 heavy (non-hydrogen) atoms. The molecule has 1 atom stereocenters. The maximum Gasteiger partial charge on any atom is 0.175 e. The summed E-state index contributed by atoms with van der Waals surface area (Å²) in [7, 11) is 1.77. The molecule has 0 amide bonds. The van der Waals surface area contributed by atoms with Crippen molar-refractivity contribution in [1.82, 2.24) is 0 Å². The zero-order valence-corrected chi connectivity index (χ0v) is 12.7. The lowest BCUT2D eigenvalue weighted by Gasteiger charge is -2.05. The summed E-state index contributed by atoms with van der Waals surface area (Å²) in [6, 6.07) is 13.6. The van der Waals surface area contributed by atoms with E-state index in [9.17, 15) is 9.00 Å². The van der Waals surface area contributed by atoms with Gasteiger partial charge in [-0.2, -0.15) is 0 Å². The lowest BCUT2D eigenvalue weighted by atomic mass is 10.1. The van der Waals surface area contributed by atoms with Crippen molar-refractivity contribution >= 4 is 16.6 Å². The first kappa shape index (κ1) is 15.3. The Morgan fingerprint density at radius 1 is 0.905 bits per heavy atom. The minimum atomic E-state index is -1.37. The Balaban J connectivity index is 2.05. The van der Waals surface area contributed by atoms with Crippen LogP contribution in [0, 0.1) is 0 Å². The molecule has 2 aromatic rings. The molecule has 0 fully saturated rings. The molecule has 0 spiro atoms. The summed E-state index contributed by atoms with van der Waals surface area (Å²) in [5.74, 6) is 1.17. The van der Waals surface area contributed by atoms with E-state index in [4.69, 9.17) is 9.47 Å². The molecule has 5 heteroatoms. The summed E-state index contributed by atoms with van der Waals surface area (Å²) in [6.07, 6.45) is 0. The largest absolute Gasteiger partial charge is 0.497 e. The molecule has 2 rings (SSSR count). The van der Waals surface area contributed by atoms with Gasteiger partial charge < -0.3 is 9.47 Å². The zero-order chi connectivity index (χ0) is 15.2. The number of carbonyl (C=O) groups is 1. The molecule has 0 aliphatic rings. The van der Waals surface area contributed by atoms with Gasteiger partial charge in [0.1, 0.15) is 11.5 Å². The molecule has 0 aliphatic carbocycles. The van der Waals surface area contributed by atoms with Crippen molar-refractivity contribution in [2.45, 2.75) is 4.90 Å². The van der Waals surface area contributed by atoms with Crippen LogP contribution in [0.25, 0.3) is 0 Å². The van der Waals surface area contributed by atoms with Crippen LogP contribution in [0.2, 0.25) is 0 Å². The smallest absolute Gasteiger partial charge is 0.175 e. The summed E-state index contributed by atoms with van der Waals surface area (Å²) in [4.78, 5) is 12.7. The third-order valence-corrected chi connectivity index (χ3v) is 4.32. The summed E-state index contributed by atoms with van der Waals surface area (Å²) in [5, 5.41) is 0. The molecular formula is C16H16O4S. The quantitative estimate of drug-likeness (QED) is 0.770. The molecule has 0 bridgehead atoms. The summed E-state index contributed by atoms with van der Waals surface area (Å²) in [6.45, 7) is 0. The topological polar surface area (TPSA) is 52.6 Å². The Bertz CT molecular complexity index is 575. The Morgan fingerprint density at radius 3 is 1.86 bits per heavy atom. The first-order chi connectivity index (χ1) is 10.1. The Morgan fingerprint density at radius 2 is 1.38 bits per heavy atom. The first-order valence-electron chi connectivity index (χ1n) is 6.33. The fraction of sp³-hybridized carbons (Fsp3) is 0.188. The van der Waals surface area contributed by atoms with Crippen LogP contribution in [0.5, 0.6) is 11.5 Å². The van der Waals surface area contributed by atoms with Crippen molar-refractivity contribution in [2.75, 3.05) is 20.0 Å². The number of carbonyl (C=O) groups excluding carboxylic acids is 1. The predicted molar refractivity (Wildman–Crippen MR) is 81.6 cm³/mol. The molecule has 0 N–H and O–H groups in total. The SMILES string of the molecule is COc1ccc(C(=O)CS(=O)c2ccc(OC)cc2)cc1. The maximum atomic E-state index is 12.2. The van der Waals surface area contributed by atoms with Crippen molar-refractivity contribution in [2.24, 2.45) is 0 Å². The van der Waals surface area contributed by atoms with E-state index in [1.807, 2.05) is 0 Å². The number of hydrogen-bond donors (Lipinski definition) is 0. The van der Waals surface area contributed by atoms with Gasteiger partial charge in [0.2, 0.25) is 0 Å². The third kappa shape index (κ3) is 3.92. The van der Waals surface area contributed by atoms with Crippen LogP contribution >= 0.6 is 0 Å².